The molecular weight excluding hydrogens is 320 g/mol. The Morgan fingerprint density at radius 1 is 0.917 bits per heavy atom. The lowest BCUT2D eigenvalue weighted by molar-refractivity contribution is 0.0225. The highest BCUT2D eigenvalue weighted by molar-refractivity contribution is 6.60. The number of aryl methyl sites for hydroxylation is 1. The van der Waals surface area contributed by atoms with Gasteiger partial charge in [0.1, 0.15) is 0 Å². The highest BCUT2D eigenvalue weighted by Gasteiger charge is 2.37. The van der Waals surface area contributed by atoms with Gasteiger partial charge in [0.15, 0.2) is 0 Å². The van der Waals surface area contributed by atoms with Crippen LogP contribution < -0.4 is 0 Å². The Kier molecular flexibility index (Phi) is 7.91. The first-order valence-corrected chi connectivity index (χ1v) is 10.9. The van der Waals surface area contributed by atoms with Crippen molar-refractivity contribution in [3.63, 3.8) is 0 Å². The maximum atomic E-state index is 6.07. The summed E-state index contributed by atoms with van der Waals surface area (Å²) in [4.78, 5) is 0. The summed E-state index contributed by atoms with van der Waals surface area (Å²) in [5.74, 6) is 0.695. The number of hydrogen-bond donors (Lipinski definition) is 0. The molecule has 0 aromatic heterocycles. The maximum Gasteiger partial charge on any atom is 0.500 e. The smallest absolute Gasteiger partial charge is 0.378 e. The molecule has 24 heavy (non-hydrogen) atoms. The first kappa shape index (κ1) is 19.6. The molecule has 1 fully saturated rings. The van der Waals surface area contributed by atoms with E-state index in [1.807, 2.05) is 0 Å². The summed E-state index contributed by atoms with van der Waals surface area (Å²) in [5.41, 5.74) is 2.81. The molecule has 1 aliphatic rings. The minimum atomic E-state index is -2.44. The Morgan fingerprint density at radius 2 is 1.50 bits per heavy atom. The van der Waals surface area contributed by atoms with E-state index >= 15 is 0 Å². The summed E-state index contributed by atoms with van der Waals surface area (Å²) in [7, 11) is 2.53. The van der Waals surface area contributed by atoms with E-state index in [0.29, 0.717) is 12.0 Å². The second-order valence-corrected chi connectivity index (χ2v) is 9.74. The molecule has 4 nitrogen and oxygen atoms in total. The summed E-state index contributed by atoms with van der Waals surface area (Å²) in [5, 5.41) is 0. The fourth-order valence-electron chi connectivity index (χ4n) is 3.50. The molecule has 0 spiro atoms. The second-order valence-electron chi connectivity index (χ2n) is 6.65. The van der Waals surface area contributed by atoms with Crippen molar-refractivity contribution in [2.75, 3.05) is 27.9 Å². The minimum Gasteiger partial charge on any atom is -0.378 e. The topological polar surface area (TPSA) is 36.9 Å². The maximum absolute atomic E-state index is 6.07. The van der Waals surface area contributed by atoms with Gasteiger partial charge in [-0.3, -0.25) is 0 Å². The second kappa shape index (κ2) is 9.68. The van der Waals surface area contributed by atoms with Crippen LogP contribution in [0, 0.1) is 6.92 Å². The Balaban J connectivity index is 1.67. The molecule has 0 bridgehead atoms. The Morgan fingerprint density at radius 3 is 2.04 bits per heavy atom. The molecule has 1 aromatic rings. The Hall–Kier alpha value is -0.723. The van der Waals surface area contributed by atoms with Gasteiger partial charge in [-0.25, -0.2) is 0 Å². The van der Waals surface area contributed by atoms with E-state index in [-0.39, 0.29) is 0 Å². The number of benzene rings is 1. The zero-order valence-electron chi connectivity index (χ0n) is 15.5. The first-order valence-electron chi connectivity index (χ1n) is 8.96. The average molecular weight is 353 g/mol. The fourth-order valence-corrected chi connectivity index (χ4v) is 5.19. The van der Waals surface area contributed by atoms with Gasteiger partial charge < -0.3 is 18.0 Å². The van der Waals surface area contributed by atoms with Crippen molar-refractivity contribution >= 4 is 8.80 Å². The third kappa shape index (κ3) is 5.39. The number of rotatable bonds is 9. The molecule has 0 saturated heterocycles. The van der Waals surface area contributed by atoms with Crippen LogP contribution in [0.2, 0.25) is 6.04 Å². The Bertz CT molecular complexity index is 456. The van der Waals surface area contributed by atoms with Crippen LogP contribution in [0.25, 0.3) is 0 Å². The van der Waals surface area contributed by atoms with Crippen molar-refractivity contribution in [2.45, 2.75) is 57.1 Å². The van der Waals surface area contributed by atoms with E-state index < -0.39 is 8.80 Å². The molecule has 1 saturated carbocycles. The summed E-state index contributed by atoms with van der Waals surface area (Å²) in [6.07, 6.45) is 6.07. The highest BCUT2D eigenvalue weighted by atomic mass is 28.4. The van der Waals surface area contributed by atoms with Gasteiger partial charge in [-0.05, 0) is 50.5 Å². The summed E-state index contributed by atoms with van der Waals surface area (Å²) in [6.45, 7) is 2.90. The van der Waals surface area contributed by atoms with Gasteiger partial charge in [0.25, 0.3) is 0 Å². The lowest BCUT2D eigenvalue weighted by Crippen LogP contribution is -2.42. The van der Waals surface area contributed by atoms with Gasteiger partial charge in [-0.1, -0.05) is 29.8 Å². The zero-order chi connectivity index (χ0) is 17.4. The van der Waals surface area contributed by atoms with E-state index in [2.05, 4.69) is 31.2 Å². The van der Waals surface area contributed by atoms with Crippen molar-refractivity contribution in [3.05, 3.63) is 35.4 Å². The first-order chi connectivity index (χ1) is 11.6. The molecule has 1 aromatic carbocycles. The summed E-state index contributed by atoms with van der Waals surface area (Å²) < 4.78 is 22.4. The van der Waals surface area contributed by atoms with Crippen molar-refractivity contribution in [2.24, 2.45) is 0 Å². The molecule has 0 aliphatic heterocycles. The number of ether oxygens (including phenoxy) is 1. The van der Waals surface area contributed by atoms with E-state index in [1.54, 1.807) is 21.3 Å². The van der Waals surface area contributed by atoms with Crippen LogP contribution in [0.5, 0.6) is 0 Å². The SMILES string of the molecule is CO[Si](CCCOC1CCC(c2ccc(C)cc2)CC1)(OC)OC. The van der Waals surface area contributed by atoms with Crippen molar-refractivity contribution in [1.29, 1.82) is 0 Å². The van der Waals surface area contributed by atoms with E-state index in [1.165, 1.54) is 24.0 Å². The number of hydrogen-bond acceptors (Lipinski definition) is 4. The molecule has 0 radical (unpaired) electrons. The molecule has 0 N–H and O–H groups in total. The summed E-state index contributed by atoms with van der Waals surface area (Å²) >= 11 is 0. The molecule has 2 rings (SSSR count). The predicted octanol–water partition coefficient (Wildman–Crippen LogP) is 4.31. The van der Waals surface area contributed by atoms with Crippen LogP contribution in [0.4, 0.5) is 0 Å². The lowest BCUT2D eigenvalue weighted by Gasteiger charge is -2.29. The van der Waals surface area contributed by atoms with Crippen LogP contribution in [0.15, 0.2) is 24.3 Å². The van der Waals surface area contributed by atoms with Gasteiger partial charge >= 0.3 is 8.80 Å². The van der Waals surface area contributed by atoms with Gasteiger partial charge in [-0.2, -0.15) is 0 Å². The van der Waals surface area contributed by atoms with E-state index in [0.717, 1.165) is 31.9 Å². The lowest BCUT2D eigenvalue weighted by atomic mass is 9.82. The molecule has 0 amide bonds. The van der Waals surface area contributed by atoms with E-state index in [9.17, 15) is 0 Å². The van der Waals surface area contributed by atoms with Gasteiger partial charge in [-0.15, -0.1) is 0 Å². The van der Waals surface area contributed by atoms with Crippen LogP contribution in [0.3, 0.4) is 0 Å². The molecule has 0 heterocycles. The van der Waals surface area contributed by atoms with Gasteiger partial charge in [0.2, 0.25) is 0 Å². The van der Waals surface area contributed by atoms with Crippen LogP contribution in [0.1, 0.15) is 49.1 Å². The zero-order valence-corrected chi connectivity index (χ0v) is 16.5. The fraction of sp³-hybridized carbons (Fsp3) is 0.684. The van der Waals surface area contributed by atoms with Crippen molar-refractivity contribution < 1.29 is 18.0 Å². The van der Waals surface area contributed by atoms with Crippen LogP contribution >= 0.6 is 0 Å². The monoisotopic (exact) mass is 352 g/mol. The van der Waals surface area contributed by atoms with Crippen molar-refractivity contribution in [1.82, 2.24) is 0 Å². The highest BCUT2D eigenvalue weighted by Crippen LogP contribution is 2.34. The van der Waals surface area contributed by atoms with E-state index in [4.69, 9.17) is 18.0 Å². The summed E-state index contributed by atoms with van der Waals surface area (Å²) in [6, 6.07) is 9.80. The third-order valence-corrected chi connectivity index (χ3v) is 7.97. The standard InChI is InChI=1S/C19H32O4Si/c1-16-6-8-17(9-7-16)18-10-12-19(13-11-18)23-14-5-15-24(20-2,21-3)22-4/h6-9,18-19H,5,10-15H2,1-4H3. The molecule has 5 heteroatoms. The quantitative estimate of drug-likeness (QED) is 0.490. The van der Waals surface area contributed by atoms with Gasteiger partial charge in [0, 0.05) is 34.0 Å². The van der Waals surface area contributed by atoms with Crippen LogP contribution in [-0.2, 0) is 18.0 Å². The molecule has 136 valence electrons. The van der Waals surface area contributed by atoms with Crippen LogP contribution in [-0.4, -0.2) is 42.8 Å². The largest absolute Gasteiger partial charge is 0.500 e. The molecular formula is C19H32O4Si. The van der Waals surface area contributed by atoms with Crippen molar-refractivity contribution in [3.8, 4) is 0 Å². The Labute approximate surface area is 147 Å². The van der Waals surface area contributed by atoms with Gasteiger partial charge in [0.05, 0.1) is 6.10 Å². The third-order valence-electron chi connectivity index (χ3n) is 5.14. The average Bonchev–Trinajstić information content (AvgIpc) is 2.64. The minimum absolute atomic E-state index is 0.399. The molecule has 1 aliphatic carbocycles. The normalized spacial score (nSPS) is 21.8. The predicted molar refractivity (Wildman–Crippen MR) is 98.3 cm³/mol. The molecule has 0 unspecified atom stereocenters. The molecule has 0 atom stereocenters.